The topological polar surface area (TPSA) is 30.3 Å². The molecule has 0 saturated carbocycles. The predicted molar refractivity (Wildman–Crippen MR) is 93.4 cm³/mol. The number of hydrogen-bond acceptors (Lipinski definition) is 2. The first-order valence-electron chi connectivity index (χ1n) is 7.80. The van der Waals surface area contributed by atoms with Crippen molar-refractivity contribution in [2.24, 2.45) is 0 Å². The van der Waals surface area contributed by atoms with Crippen molar-refractivity contribution in [3.05, 3.63) is 70.2 Å². The summed E-state index contributed by atoms with van der Waals surface area (Å²) in [5.41, 5.74) is 10.5. The van der Waals surface area contributed by atoms with Crippen LogP contribution in [-0.2, 0) is 13.1 Å². The Bertz CT molecular complexity index is 658. The van der Waals surface area contributed by atoms with Crippen LogP contribution in [0.2, 0.25) is 5.02 Å². The number of nitrogens with zero attached hydrogens (tertiary/aromatic N) is 2. The Balaban J connectivity index is 0.00000208. The molecule has 24 heavy (non-hydrogen) atoms. The summed E-state index contributed by atoms with van der Waals surface area (Å²) in [7, 11) is 0. The minimum Gasteiger partial charge on any atom is -0.674 e. The molecule has 0 spiro atoms. The minimum atomic E-state index is -0.196. The van der Waals surface area contributed by atoms with E-state index in [-0.39, 0.29) is 56.4 Å². The van der Waals surface area contributed by atoms with Gasteiger partial charge in [0.1, 0.15) is 5.82 Å². The third-order valence-corrected chi connectivity index (χ3v) is 4.63. The molecule has 1 radical (unpaired) electrons. The Morgan fingerprint density at radius 1 is 1.00 bits per heavy atom. The quantitative estimate of drug-likeness (QED) is 0.558. The summed E-state index contributed by atoms with van der Waals surface area (Å²) >= 11 is 6.31. The van der Waals surface area contributed by atoms with Crippen LogP contribution in [0.4, 0.5) is 10.1 Å². The maximum atomic E-state index is 13.0. The summed E-state index contributed by atoms with van der Waals surface area (Å²) in [4.78, 5) is 4.66. The van der Waals surface area contributed by atoms with Gasteiger partial charge in [0.2, 0.25) is 0 Å². The first-order chi connectivity index (χ1) is 11.2. The van der Waals surface area contributed by atoms with Crippen LogP contribution in [0.5, 0.6) is 0 Å². The van der Waals surface area contributed by atoms with Crippen LogP contribution in [0.25, 0.3) is 5.73 Å². The average Bonchev–Trinajstić information content (AvgIpc) is 2.58. The molecule has 3 nitrogen and oxygen atoms in total. The predicted octanol–water partition coefficient (Wildman–Crippen LogP) is 4.35. The van der Waals surface area contributed by atoms with Crippen LogP contribution < -0.4 is 4.90 Å². The van der Waals surface area contributed by atoms with Gasteiger partial charge in [-0.15, -0.1) is 6.54 Å². The molecule has 125 valence electrons. The number of piperazine rings is 1. The molecule has 3 rings (SSSR count). The Kier molecular flexibility index (Phi) is 7.97. The molecule has 0 aliphatic carbocycles. The van der Waals surface area contributed by atoms with E-state index in [9.17, 15) is 4.39 Å². The van der Waals surface area contributed by atoms with Crippen molar-refractivity contribution in [3.63, 3.8) is 0 Å². The fourth-order valence-electron chi connectivity index (χ4n) is 2.89. The van der Waals surface area contributed by atoms with Gasteiger partial charge in [-0.3, -0.25) is 4.90 Å². The summed E-state index contributed by atoms with van der Waals surface area (Å²) in [6.45, 7) is 4.84. The van der Waals surface area contributed by atoms with Crippen molar-refractivity contribution in [3.8, 4) is 0 Å². The molecule has 1 aliphatic heterocycles. The van der Waals surface area contributed by atoms with E-state index in [1.165, 1.54) is 12.1 Å². The molecule has 2 aromatic rings. The van der Waals surface area contributed by atoms with Gasteiger partial charge >= 0.3 is 0 Å². The van der Waals surface area contributed by atoms with Crippen molar-refractivity contribution in [1.82, 2.24) is 4.90 Å². The standard InChI is InChI=1S/C18H20ClFN3.Ac/c19-18-11-14(12-21)1-2-15(18)13-22-7-9-23(10-8-22)17-5-3-16(20)4-6-17;/h1-6,11,21H,7-10,12-13H2;/q-1;. The normalized spacial score (nSPS) is 15.2. The van der Waals surface area contributed by atoms with Crippen molar-refractivity contribution in [2.75, 3.05) is 31.1 Å². The van der Waals surface area contributed by atoms with Crippen LogP contribution in [0.15, 0.2) is 42.5 Å². The van der Waals surface area contributed by atoms with Gasteiger partial charge in [0.25, 0.3) is 0 Å². The third kappa shape index (κ3) is 5.16. The van der Waals surface area contributed by atoms with E-state index >= 15 is 0 Å². The van der Waals surface area contributed by atoms with E-state index in [1.807, 2.05) is 30.3 Å². The second-order valence-corrected chi connectivity index (χ2v) is 6.25. The Hall–Kier alpha value is -0.178. The second kappa shape index (κ2) is 9.50. The second-order valence-electron chi connectivity index (χ2n) is 5.84. The van der Waals surface area contributed by atoms with Crippen molar-refractivity contribution >= 4 is 17.3 Å². The van der Waals surface area contributed by atoms with Crippen LogP contribution in [0, 0.1) is 49.9 Å². The van der Waals surface area contributed by atoms with E-state index in [4.69, 9.17) is 17.3 Å². The van der Waals surface area contributed by atoms with Crippen molar-refractivity contribution in [1.29, 1.82) is 0 Å². The Morgan fingerprint density at radius 3 is 2.25 bits per heavy atom. The molecule has 2 aromatic carbocycles. The first-order valence-corrected chi connectivity index (χ1v) is 8.18. The maximum Gasteiger partial charge on any atom is 0.123 e. The van der Waals surface area contributed by atoms with Gasteiger partial charge in [-0.2, -0.15) is 0 Å². The zero-order valence-electron chi connectivity index (χ0n) is 13.5. The van der Waals surface area contributed by atoms with Crippen LogP contribution >= 0.6 is 11.6 Å². The number of halogens is 2. The molecule has 6 heteroatoms. The van der Waals surface area contributed by atoms with Crippen LogP contribution in [0.1, 0.15) is 11.1 Å². The largest absolute Gasteiger partial charge is 0.674 e. The molecule has 0 bridgehead atoms. The zero-order chi connectivity index (χ0) is 16.2. The van der Waals surface area contributed by atoms with E-state index in [0.29, 0.717) is 0 Å². The zero-order valence-corrected chi connectivity index (χ0v) is 19.0. The maximum absolute atomic E-state index is 13.0. The molecule has 1 saturated heterocycles. The summed E-state index contributed by atoms with van der Waals surface area (Å²) in [5.74, 6) is -0.196. The van der Waals surface area contributed by atoms with Gasteiger partial charge in [-0.25, -0.2) is 4.39 Å². The monoisotopic (exact) mass is 559 g/mol. The van der Waals surface area contributed by atoms with Crippen LogP contribution in [-0.4, -0.2) is 31.1 Å². The Labute approximate surface area is 183 Å². The summed E-state index contributed by atoms with van der Waals surface area (Å²) in [5, 5.41) is 0.746. The van der Waals surface area contributed by atoms with Gasteiger partial charge < -0.3 is 10.6 Å². The molecule has 1 heterocycles. The molecule has 1 fully saturated rings. The fraction of sp³-hybridized carbons (Fsp3) is 0.333. The van der Waals surface area contributed by atoms with E-state index in [1.54, 1.807) is 0 Å². The molecule has 0 unspecified atom stereocenters. The summed E-state index contributed by atoms with van der Waals surface area (Å²) in [6, 6.07) is 12.6. The van der Waals surface area contributed by atoms with Gasteiger partial charge in [-0.05, 0) is 35.9 Å². The van der Waals surface area contributed by atoms with E-state index in [2.05, 4.69) is 9.80 Å². The van der Waals surface area contributed by atoms with Crippen molar-refractivity contribution in [2.45, 2.75) is 13.1 Å². The number of hydrogen-bond donors (Lipinski definition) is 0. The molecule has 1 N–H and O–H groups in total. The SMILES string of the molecule is [Ac].[NH-]Cc1ccc(CN2CCN(c3ccc(F)cc3)CC2)c(Cl)c1. The number of nitrogens with one attached hydrogen (secondary N) is 1. The molecule has 0 amide bonds. The molecular weight excluding hydrogens is 540 g/mol. The number of rotatable bonds is 4. The first kappa shape index (κ1) is 20.1. The molecule has 0 atom stereocenters. The van der Waals surface area contributed by atoms with Crippen LogP contribution in [0.3, 0.4) is 0 Å². The average molecular weight is 560 g/mol. The van der Waals surface area contributed by atoms with Gasteiger partial charge in [0.05, 0.1) is 0 Å². The van der Waals surface area contributed by atoms with E-state index in [0.717, 1.165) is 54.6 Å². The molecule has 1 aliphatic rings. The number of benzene rings is 2. The molecule has 0 aromatic heterocycles. The minimum absolute atomic E-state index is 0. The van der Waals surface area contributed by atoms with Gasteiger partial charge in [0, 0.05) is 87.5 Å². The van der Waals surface area contributed by atoms with Crippen molar-refractivity contribution < 1.29 is 48.5 Å². The van der Waals surface area contributed by atoms with Gasteiger partial charge in [0.15, 0.2) is 0 Å². The van der Waals surface area contributed by atoms with Gasteiger partial charge in [-0.1, -0.05) is 29.3 Å². The Morgan fingerprint density at radius 2 is 1.67 bits per heavy atom. The fourth-order valence-corrected chi connectivity index (χ4v) is 3.15. The summed E-state index contributed by atoms with van der Waals surface area (Å²) < 4.78 is 13.0. The summed E-state index contributed by atoms with van der Waals surface area (Å²) in [6.07, 6.45) is 0. The van der Waals surface area contributed by atoms with E-state index < -0.39 is 0 Å². The third-order valence-electron chi connectivity index (χ3n) is 4.28. The molecular formula is C18H20AcClFN3-. The smallest absolute Gasteiger partial charge is 0.123 e. The number of anilines is 1.